The number of aromatic amines is 1. The first kappa shape index (κ1) is 21.8. The van der Waals surface area contributed by atoms with Crippen LogP contribution in [0.25, 0.3) is 0 Å². The summed E-state index contributed by atoms with van der Waals surface area (Å²) in [5, 5.41) is 12.3. The molecule has 1 aliphatic rings. The number of anilines is 2. The van der Waals surface area contributed by atoms with E-state index in [-0.39, 0.29) is 5.91 Å². The molecule has 3 aromatic rings. The predicted molar refractivity (Wildman–Crippen MR) is 124 cm³/mol. The van der Waals surface area contributed by atoms with E-state index in [2.05, 4.69) is 30.8 Å². The largest absolute Gasteiger partial charge is 0.337 e. The van der Waals surface area contributed by atoms with Gasteiger partial charge < -0.3 is 15.1 Å². The zero-order valence-electron chi connectivity index (χ0n) is 17.1. The summed E-state index contributed by atoms with van der Waals surface area (Å²) >= 11 is 6.13. The molecular weight excluding hydrogens is 448 g/mol. The maximum atomic E-state index is 13.3. The van der Waals surface area contributed by atoms with Gasteiger partial charge in [-0.2, -0.15) is 0 Å². The van der Waals surface area contributed by atoms with Crippen molar-refractivity contribution in [1.82, 2.24) is 30.4 Å². The van der Waals surface area contributed by atoms with Gasteiger partial charge in [0.15, 0.2) is 3.95 Å². The molecular formula is C20H22N8O2S2. The molecule has 1 aliphatic heterocycles. The van der Waals surface area contributed by atoms with Crippen LogP contribution in [0.15, 0.2) is 48.8 Å². The van der Waals surface area contributed by atoms with Gasteiger partial charge in [0.05, 0.1) is 0 Å². The van der Waals surface area contributed by atoms with Crippen molar-refractivity contribution in [2.45, 2.75) is 12.5 Å². The van der Waals surface area contributed by atoms with E-state index in [1.807, 2.05) is 35.2 Å². The van der Waals surface area contributed by atoms with Crippen LogP contribution in [0.5, 0.6) is 0 Å². The lowest BCUT2D eigenvalue weighted by Crippen LogP contribution is -2.56. The van der Waals surface area contributed by atoms with Crippen molar-refractivity contribution in [2.24, 2.45) is 0 Å². The number of carbonyl (C=O) groups is 2. The van der Waals surface area contributed by atoms with Crippen LogP contribution < -0.4 is 15.5 Å². The first-order valence-corrected chi connectivity index (χ1v) is 11.3. The summed E-state index contributed by atoms with van der Waals surface area (Å²) < 4.78 is 0.456. The lowest BCUT2D eigenvalue weighted by molar-refractivity contribution is -0.133. The van der Waals surface area contributed by atoms with E-state index >= 15 is 0 Å². The van der Waals surface area contributed by atoms with E-state index in [9.17, 15) is 9.59 Å². The highest BCUT2D eigenvalue weighted by atomic mass is 32.1. The molecule has 166 valence electrons. The summed E-state index contributed by atoms with van der Waals surface area (Å²) in [4.78, 5) is 38.2. The monoisotopic (exact) mass is 470 g/mol. The molecule has 0 spiro atoms. The van der Waals surface area contributed by atoms with Gasteiger partial charge in [-0.25, -0.2) is 14.8 Å². The summed E-state index contributed by atoms with van der Waals surface area (Å²) in [6.07, 6.45) is 3.78. The first-order chi connectivity index (χ1) is 15.6. The molecule has 3 N–H and O–H groups in total. The Morgan fingerprint density at radius 1 is 1.09 bits per heavy atom. The van der Waals surface area contributed by atoms with Crippen molar-refractivity contribution in [2.75, 3.05) is 36.4 Å². The normalized spacial score (nSPS) is 14.6. The minimum atomic E-state index is -0.719. The third kappa shape index (κ3) is 5.65. The SMILES string of the molecule is O=C(Nc1n[nH]c(=S)s1)N[C@@H](Cc1ccccc1)C(=O)N1CCN(c2ncccn2)CC1. The molecule has 0 unspecified atom stereocenters. The molecule has 1 fully saturated rings. The minimum Gasteiger partial charge on any atom is -0.337 e. The number of rotatable bonds is 6. The Morgan fingerprint density at radius 3 is 2.47 bits per heavy atom. The standard InChI is InChI=1S/C20H22N8O2S2/c29-16(27-9-11-28(12-10-27)17-21-7-4-8-22-17)15(13-14-5-2-1-3-6-14)23-18(30)24-19-25-26-20(31)32-19/h1-8,15H,9-13H2,(H,26,31)(H2,23,24,25,30)/t15-/m0/s1. The van der Waals surface area contributed by atoms with Crippen LogP contribution >= 0.6 is 23.6 Å². The summed E-state index contributed by atoms with van der Waals surface area (Å²) in [6.45, 7) is 2.28. The molecule has 1 saturated heterocycles. The third-order valence-electron chi connectivity index (χ3n) is 4.97. The molecule has 0 radical (unpaired) electrons. The number of urea groups is 1. The van der Waals surface area contributed by atoms with E-state index in [0.29, 0.717) is 47.6 Å². The zero-order valence-corrected chi connectivity index (χ0v) is 18.7. The summed E-state index contributed by atoms with van der Waals surface area (Å²) in [5.41, 5.74) is 0.956. The summed E-state index contributed by atoms with van der Waals surface area (Å²) in [5.74, 6) is 0.520. The Balaban J connectivity index is 1.42. The fraction of sp³-hybridized carbons (Fsp3) is 0.300. The Kier molecular flexibility index (Phi) is 7.02. The highest BCUT2D eigenvalue weighted by molar-refractivity contribution is 7.73. The van der Waals surface area contributed by atoms with Crippen molar-refractivity contribution in [3.05, 3.63) is 58.3 Å². The topological polar surface area (TPSA) is 119 Å². The van der Waals surface area contributed by atoms with E-state index in [1.165, 1.54) is 0 Å². The highest BCUT2D eigenvalue weighted by Crippen LogP contribution is 2.14. The lowest BCUT2D eigenvalue weighted by Gasteiger charge is -2.36. The zero-order chi connectivity index (χ0) is 22.3. The number of nitrogens with one attached hydrogen (secondary N) is 3. The molecule has 0 aliphatic carbocycles. The third-order valence-corrected chi connectivity index (χ3v) is 5.98. The van der Waals surface area contributed by atoms with Crippen molar-refractivity contribution in [3.8, 4) is 0 Å². The van der Waals surface area contributed by atoms with Crippen LogP contribution in [0.3, 0.4) is 0 Å². The van der Waals surface area contributed by atoms with Crippen LogP contribution in [-0.2, 0) is 11.2 Å². The maximum absolute atomic E-state index is 13.3. The van der Waals surface area contributed by atoms with Gasteiger partial charge in [-0.1, -0.05) is 41.7 Å². The van der Waals surface area contributed by atoms with Gasteiger partial charge in [-0.05, 0) is 23.8 Å². The van der Waals surface area contributed by atoms with E-state index in [4.69, 9.17) is 12.2 Å². The molecule has 10 nitrogen and oxygen atoms in total. The number of amides is 3. The molecule has 4 rings (SSSR count). The van der Waals surface area contributed by atoms with Crippen molar-refractivity contribution < 1.29 is 9.59 Å². The molecule has 12 heteroatoms. The number of piperazine rings is 1. The van der Waals surface area contributed by atoms with Gasteiger partial charge >= 0.3 is 6.03 Å². The smallest absolute Gasteiger partial charge is 0.321 e. The number of aromatic nitrogens is 4. The van der Waals surface area contributed by atoms with Gasteiger partial charge in [0.1, 0.15) is 6.04 Å². The van der Waals surface area contributed by atoms with E-state index in [0.717, 1.165) is 16.9 Å². The lowest BCUT2D eigenvalue weighted by atomic mass is 10.0. The average Bonchev–Trinajstić information content (AvgIpc) is 3.23. The Bertz CT molecular complexity index is 1100. The van der Waals surface area contributed by atoms with Gasteiger partial charge in [-0.15, -0.1) is 5.10 Å². The molecule has 0 bridgehead atoms. The van der Waals surface area contributed by atoms with Crippen LogP contribution in [0.1, 0.15) is 5.56 Å². The summed E-state index contributed by atoms with van der Waals surface area (Å²) in [7, 11) is 0. The van der Waals surface area contributed by atoms with E-state index in [1.54, 1.807) is 23.4 Å². The van der Waals surface area contributed by atoms with Crippen LogP contribution in [-0.4, -0.2) is 69.2 Å². The van der Waals surface area contributed by atoms with Gasteiger partial charge in [0, 0.05) is 45.0 Å². The van der Waals surface area contributed by atoms with Gasteiger partial charge in [-0.3, -0.25) is 15.2 Å². The quantitative estimate of drug-likeness (QED) is 0.472. The van der Waals surface area contributed by atoms with Crippen molar-refractivity contribution >= 4 is 46.6 Å². The van der Waals surface area contributed by atoms with Crippen LogP contribution in [0.2, 0.25) is 0 Å². The second-order valence-electron chi connectivity index (χ2n) is 7.12. The number of hydrogen-bond acceptors (Lipinski definition) is 8. The molecule has 0 saturated carbocycles. The predicted octanol–water partition coefficient (Wildman–Crippen LogP) is 2.07. The number of benzene rings is 1. The number of nitrogens with zero attached hydrogens (tertiary/aromatic N) is 5. The number of carbonyl (C=O) groups excluding carboxylic acids is 2. The average molecular weight is 471 g/mol. The molecule has 1 atom stereocenters. The molecule has 3 amide bonds. The maximum Gasteiger partial charge on any atom is 0.321 e. The summed E-state index contributed by atoms with van der Waals surface area (Å²) in [6, 6.07) is 10.1. The van der Waals surface area contributed by atoms with E-state index < -0.39 is 12.1 Å². The van der Waals surface area contributed by atoms with Crippen LogP contribution in [0.4, 0.5) is 15.9 Å². The van der Waals surface area contributed by atoms with Gasteiger partial charge in [0.2, 0.25) is 17.0 Å². The Morgan fingerprint density at radius 2 is 1.81 bits per heavy atom. The Labute approximate surface area is 193 Å². The second kappa shape index (κ2) is 10.3. The molecule has 32 heavy (non-hydrogen) atoms. The fourth-order valence-electron chi connectivity index (χ4n) is 3.43. The molecule has 3 heterocycles. The van der Waals surface area contributed by atoms with Crippen molar-refractivity contribution in [3.63, 3.8) is 0 Å². The first-order valence-electron chi connectivity index (χ1n) is 10.1. The van der Waals surface area contributed by atoms with Crippen LogP contribution in [0, 0.1) is 3.95 Å². The number of H-pyrrole nitrogens is 1. The minimum absolute atomic E-state index is 0.132. The van der Waals surface area contributed by atoms with Gasteiger partial charge in [0.25, 0.3) is 0 Å². The highest BCUT2D eigenvalue weighted by Gasteiger charge is 2.29. The molecule has 2 aromatic heterocycles. The molecule has 1 aromatic carbocycles. The Hall–Kier alpha value is -3.38. The second-order valence-corrected chi connectivity index (χ2v) is 8.79. The van der Waals surface area contributed by atoms with Crippen molar-refractivity contribution in [1.29, 1.82) is 0 Å². The number of hydrogen-bond donors (Lipinski definition) is 3. The fourth-order valence-corrected chi connectivity index (χ4v) is 4.21.